The number of ketones is 5. The number of H-pyrrole nitrogens is 2. The number of carboxylic acid groups (broad SMARTS) is 1. The highest BCUT2D eigenvalue weighted by Crippen LogP contribution is 2.33. The molecular weight excluding hydrogens is 1560 g/mol. The molecule has 0 spiro atoms. The van der Waals surface area contributed by atoms with Crippen LogP contribution in [0.25, 0.3) is 11.1 Å². The number of aliphatic hydroxyl groups excluding tert-OH is 3. The highest BCUT2D eigenvalue weighted by molar-refractivity contribution is 6.00. The van der Waals surface area contributed by atoms with Crippen LogP contribution in [0, 0.1) is 42.8 Å². The van der Waals surface area contributed by atoms with Gasteiger partial charge in [-0.05, 0) is 144 Å². The van der Waals surface area contributed by atoms with Crippen molar-refractivity contribution in [3.8, 4) is 16.9 Å². The number of primary amides is 2. The van der Waals surface area contributed by atoms with Crippen LogP contribution >= 0.6 is 0 Å². The quantitative estimate of drug-likeness (QED) is 0.0241. The SMILES string of the molecule is CCc1cc(OCCCCN)ccc1-c1ccc(C[C@H](CC(=O)[C@H](CC(=O)O)NC(=O)[C@H](CO)CC(=O)[C@@H](NC(=O)[C@@](C)(CC(=O)[C@@H](NC(=O)CCC(=O)[C@H](Cc2nn[nH]n2)NC(=O)[C@H](C)CC(=O)[C@H](Cc2cnc[nH]2)NC(=O)[C@@H](N)CCC(N)=O)[C@@H](C)O)Cc2ccccc2F)[C@@H](C)O)C(=O)N[C@@H](CCCc2cc(C)cc(C)c2)C(N)=O)cc1. The van der Waals surface area contributed by atoms with E-state index >= 15 is 4.39 Å². The third-order valence-electron chi connectivity index (χ3n) is 20.6. The summed E-state index contributed by atoms with van der Waals surface area (Å²) in [5, 5.41) is 71.5. The first-order valence-corrected chi connectivity index (χ1v) is 39.9. The Labute approximate surface area is 694 Å². The maximum Gasteiger partial charge on any atom is 0.305 e. The first-order valence-electron chi connectivity index (χ1n) is 39.9. The summed E-state index contributed by atoms with van der Waals surface area (Å²) in [4.78, 5) is 200. The predicted molar refractivity (Wildman–Crippen MR) is 435 cm³/mol. The molecule has 36 heteroatoms. The molecule has 0 bridgehead atoms. The Morgan fingerprint density at radius 2 is 1.26 bits per heavy atom. The number of imidazole rings is 1. The van der Waals surface area contributed by atoms with Crippen LogP contribution in [0.1, 0.15) is 163 Å². The average molecular weight is 1670 g/mol. The summed E-state index contributed by atoms with van der Waals surface area (Å²) in [6.45, 7) is 10.6. The number of ether oxygens (including phenoxy) is 1. The fraction of sp³-hybridized carbons (Fsp3) is 0.500. The zero-order chi connectivity index (χ0) is 88.5. The van der Waals surface area contributed by atoms with Gasteiger partial charge in [-0.3, -0.25) is 67.1 Å². The highest BCUT2D eigenvalue weighted by atomic mass is 19.1. The number of carboxylic acids is 1. The zero-order valence-corrected chi connectivity index (χ0v) is 68.6. The standard InChI is InChI=1S/C84H113FN16O19/c1-8-53-35-59(120-29-12-11-28-86)22-23-60(53)54-20-18-51(19-21-54)34-56(80(116)92-63(78(89)114)17-13-14-52-31-46(2)30-47(3)32-52)36-69(107)66(40-75(112)113)94-81(117)57(44-102)37-70(108)76(49(5)103)97-83(119)84(7,41-55-15-9-10-16-61(55)85)42-71(109)77(50(6)104)96-74(111)27-25-67(105)65(39-73-98-100-101-99-73)93-79(115)48(4)33-68(106)64(38-58-43-90-45-91-58)95-82(118)62(87)24-26-72(88)110/h9-10,15-16,18-23,30-32,35,43,45,48-50,56-57,62-66,76-77,102-104H,8,11-14,17,24-29,33-34,36-42,44,86-87H2,1-7H3,(H2,88,110)(H2,89,114)(H,90,91)(H,92,116)(H,93,115)(H,94,117)(H,95,118)(H,96,111)(H,97,119)(H,112,113)(H,98,99,100,101)/t48-,49-,50-,56-,57+,62+,63+,64+,65+,66+,76+,77+,84-/m1/s1. The second-order valence-corrected chi connectivity index (χ2v) is 30.9. The largest absolute Gasteiger partial charge is 0.494 e. The van der Waals surface area contributed by atoms with Gasteiger partial charge >= 0.3 is 5.97 Å². The number of benzene rings is 4. The van der Waals surface area contributed by atoms with Crippen molar-refractivity contribution in [1.29, 1.82) is 0 Å². The number of Topliss-reactive ketones (excluding diaryl/α,β-unsaturated/α-hetero) is 5. The summed E-state index contributed by atoms with van der Waals surface area (Å²) < 4.78 is 21.6. The van der Waals surface area contributed by atoms with Gasteiger partial charge in [0.25, 0.3) is 0 Å². The molecule has 0 aliphatic heterocycles. The number of amides is 8. The molecule has 4 aromatic carbocycles. The number of aliphatic hydroxyl groups is 3. The molecule has 6 rings (SSSR count). The summed E-state index contributed by atoms with van der Waals surface area (Å²) in [7, 11) is 0. The zero-order valence-electron chi connectivity index (χ0n) is 68.6. The molecule has 2 aromatic heterocycles. The second-order valence-electron chi connectivity index (χ2n) is 30.9. The number of carbonyl (C=O) groups excluding carboxylic acids is 13. The van der Waals surface area contributed by atoms with Gasteiger partial charge in [-0.1, -0.05) is 104 Å². The summed E-state index contributed by atoms with van der Waals surface area (Å²) in [6, 6.07) is 13.2. The molecule has 20 N–H and O–H groups in total. The Morgan fingerprint density at radius 1 is 0.625 bits per heavy atom. The number of aryl methyl sites for hydroxylation is 4. The van der Waals surface area contributed by atoms with E-state index in [-0.39, 0.29) is 49.9 Å². The molecule has 6 aromatic rings. The van der Waals surface area contributed by atoms with Gasteiger partial charge in [0.2, 0.25) is 47.3 Å². The van der Waals surface area contributed by atoms with Crippen LogP contribution in [0.2, 0.25) is 0 Å². The molecule has 0 aliphatic rings. The summed E-state index contributed by atoms with van der Waals surface area (Å²) in [5.41, 5.74) is 27.2. The molecule has 0 aliphatic carbocycles. The van der Waals surface area contributed by atoms with Crippen LogP contribution in [0.5, 0.6) is 5.75 Å². The maximum atomic E-state index is 15.6. The summed E-state index contributed by atoms with van der Waals surface area (Å²) in [6.07, 6.45) is -4.59. The van der Waals surface area contributed by atoms with E-state index in [0.717, 1.165) is 66.1 Å². The Hall–Kier alpha value is -11.7. The van der Waals surface area contributed by atoms with E-state index in [1.54, 1.807) is 12.1 Å². The molecule has 35 nitrogen and oxygen atoms in total. The Balaban J connectivity index is 1.16. The average Bonchev–Trinajstić information content (AvgIpc) is 0.890. The van der Waals surface area contributed by atoms with E-state index in [1.165, 1.54) is 44.6 Å². The molecule has 8 amide bonds. The van der Waals surface area contributed by atoms with E-state index in [9.17, 15) is 87.5 Å². The van der Waals surface area contributed by atoms with Crippen LogP contribution in [0.3, 0.4) is 0 Å². The molecule has 120 heavy (non-hydrogen) atoms. The van der Waals surface area contributed by atoms with Crippen molar-refractivity contribution < 1.29 is 96.7 Å². The van der Waals surface area contributed by atoms with Crippen molar-refractivity contribution in [2.75, 3.05) is 19.8 Å². The minimum absolute atomic E-state index is 0.0560. The van der Waals surface area contributed by atoms with Gasteiger partial charge in [0.15, 0.2) is 34.7 Å². The first kappa shape index (κ1) is 97.1. The minimum atomic E-state index is -2.14. The number of rotatable bonds is 55. The maximum absolute atomic E-state index is 15.6. The number of tetrazole rings is 1. The van der Waals surface area contributed by atoms with Crippen molar-refractivity contribution in [2.45, 2.75) is 225 Å². The molecule has 0 unspecified atom stereocenters. The molecule has 0 saturated heterocycles. The second kappa shape index (κ2) is 47.8. The van der Waals surface area contributed by atoms with Crippen molar-refractivity contribution in [1.82, 2.24) is 62.5 Å². The van der Waals surface area contributed by atoms with E-state index in [1.807, 2.05) is 69.3 Å². The molecule has 13 atom stereocenters. The van der Waals surface area contributed by atoms with Crippen molar-refractivity contribution >= 4 is 82.1 Å². The van der Waals surface area contributed by atoms with Gasteiger partial charge in [-0.2, -0.15) is 5.21 Å². The smallest absolute Gasteiger partial charge is 0.305 e. The fourth-order valence-corrected chi connectivity index (χ4v) is 13.8. The number of unbranched alkanes of at least 4 members (excludes halogenated alkanes) is 1. The van der Waals surface area contributed by atoms with Gasteiger partial charge in [-0.25, -0.2) is 9.37 Å². The third kappa shape index (κ3) is 31.2. The monoisotopic (exact) mass is 1670 g/mol. The first-order chi connectivity index (χ1) is 56.9. The molecule has 2 heterocycles. The van der Waals surface area contributed by atoms with E-state index in [4.69, 9.17) is 27.7 Å². The number of hydrogen-bond acceptors (Lipinski definition) is 24. The van der Waals surface area contributed by atoms with Gasteiger partial charge < -0.3 is 85.0 Å². The van der Waals surface area contributed by atoms with Gasteiger partial charge in [0.05, 0.1) is 73.7 Å². The van der Waals surface area contributed by atoms with E-state index in [2.05, 4.69) is 62.5 Å². The molecule has 650 valence electrons. The number of hydrogen-bond donors (Lipinski definition) is 16. The summed E-state index contributed by atoms with van der Waals surface area (Å²) in [5.74, 6) is -18.1. The van der Waals surface area contributed by atoms with Gasteiger partial charge in [0.1, 0.15) is 29.7 Å². The lowest BCUT2D eigenvalue weighted by molar-refractivity contribution is -0.142. The number of nitrogens with one attached hydrogen (secondary N) is 8. The topological polar surface area (TPSA) is 589 Å². The third-order valence-corrected chi connectivity index (χ3v) is 20.6. The van der Waals surface area contributed by atoms with Crippen LogP contribution in [-0.4, -0.2) is 207 Å². The van der Waals surface area contributed by atoms with E-state index < -0.39 is 224 Å². The Kier molecular flexibility index (Phi) is 38.6. The summed E-state index contributed by atoms with van der Waals surface area (Å²) >= 11 is 0. The Morgan fingerprint density at radius 3 is 1.87 bits per heavy atom. The number of aromatic nitrogens is 6. The fourth-order valence-electron chi connectivity index (χ4n) is 13.8. The van der Waals surface area contributed by atoms with Gasteiger partial charge in [0, 0.05) is 81.5 Å². The van der Waals surface area contributed by atoms with Crippen LogP contribution in [0.4, 0.5) is 4.39 Å². The van der Waals surface area contributed by atoms with Crippen molar-refractivity contribution in [2.24, 2.45) is 46.1 Å². The number of halogens is 1. The van der Waals surface area contributed by atoms with Crippen molar-refractivity contribution in [3.05, 3.63) is 148 Å². The van der Waals surface area contributed by atoms with Crippen molar-refractivity contribution in [3.63, 3.8) is 0 Å². The van der Waals surface area contributed by atoms with Gasteiger partial charge in [-0.15, -0.1) is 10.2 Å². The lowest BCUT2D eigenvalue weighted by Gasteiger charge is -2.33. The number of nitrogens with two attached hydrogens (primary N) is 4. The normalized spacial score (nSPS) is 14.8. The number of nitrogens with zero attached hydrogens (tertiary/aromatic N) is 4. The number of aliphatic carboxylic acids is 1. The molecule has 0 radical (unpaired) electrons. The predicted octanol–water partition coefficient (Wildman–Crippen LogP) is 1.60. The minimum Gasteiger partial charge on any atom is -0.494 e. The lowest BCUT2D eigenvalue weighted by atomic mass is 9.76. The van der Waals surface area contributed by atoms with Crippen LogP contribution < -0.4 is 59.6 Å². The highest BCUT2D eigenvalue weighted by Gasteiger charge is 2.43. The Bertz CT molecular complexity index is 4490. The van der Waals surface area contributed by atoms with Crippen LogP contribution in [-0.2, 0) is 106 Å². The molecular formula is C84H113FN16O19. The van der Waals surface area contributed by atoms with Crippen LogP contribution in [0.15, 0.2) is 97.5 Å². The molecule has 0 fully saturated rings. The molecule has 0 saturated carbocycles. The van der Waals surface area contributed by atoms with E-state index in [0.29, 0.717) is 49.4 Å². The number of aromatic amines is 2. The lowest BCUT2D eigenvalue weighted by Crippen LogP contribution is -2.55. The number of carbonyl (C=O) groups is 14.